The Morgan fingerprint density at radius 2 is 1.71 bits per heavy atom. The third-order valence-electron chi connectivity index (χ3n) is 3.47. The third kappa shape index (κ3) is 2.64. The van der Waals surface area contributed by atoms with E-state index in [9.17, 15) is 8.42 Å². The number of nitrogens with one attached hydrogen (secondary N) is 1. The zero-order chi connectivity index (χ0) is 15.0. The van der Waals surface area contributed by atoms with Crippen LogP contribution in [0.25, 0.3) is 10.9 Å². The van der Waals surface area contributed by atoms with Gasteiger partial charge in [0.2, 0.25) is 0 Å². The van der Waals surface area contributed by atoms with Crippen molar-refractivity contribution in [3.63, 3.8) is 0 Å². The second-order valence-corrected chi connectivity index (χ2v) is 6.80. The molecule has 0 atom stereocenters. The van der Waals surface area contributed by atoms with E-state index in [0.717, 1.165) is 16.5 Å². The smallest absolute Gasteiger partial charge is 0.261 e. The molecule has 0 spiro atoms. The van der Waals surface area contributed by atoms with Crippen molar-refractivity contribution in [3.8, 4) is 0 Å². The molecule has 0 unspecified atom stereocenters. The first-order valence-corrected chi connectivity index (χ1v) is 8.09. The van der Waals surface area contributed by atoms with Crippen LogP contribution >= 0.6 is 0 Å². The summed E-state index contributed by atoms with van der Waals surface area (Å²) in [4.78, 5) is 0.264. The van der Waals surface area contributed by atoms with Gasteiger partial charge in [-0.3, -0.25) is 4.72 Å². The number of nitrogens with zero attached hydrogens (tertiary/aromatic N) is 1. The Hall–Kier alpha value is -2.27. The van der Waals surface area contributed by atoms with Crippen molar-refractivity contribution < 1.29 is 8.42 Å². The summed E-state index contributed by atoms with van der Waals surface area (Å²) in [5.41, 5.74) is 2.57. The van der Waals surface area contributed by atoms with Crippen LogP contribution in [-0.4, -0.2) is 13.0 Å². The minimum absolute atomic E-state index is 0.264. The predicted octanol–water partition coefficient (Wildman–Crippen LogP) is 3.29. The van der Waals surface area contributed by atoms with Crippen LogP contribution < -0.4 is 4.72 Å². The quantitative estimate of drug-likeness (QED) is 0.807. The van der Waals surface area contributed by atoms with Crippen LogP contribution in [0.5, 0.6) is 0 Å². The highest BCUT2D eigenvalue weighted by Crippen LogP contribution is 2.22. The maximum atomic E-state index is 12.4. The maximum Gasteiger partial charge on any atom is 0.261 e. The number of aryl methyl sites for hydroxylation is 2. The van der Waals surface area contributed by atoms with Crippen molar-refractivity contribution in [2.24, 2.45) is 7.05 Å². The molecule has 3 rings (SSSR count). The Bertz CT molecular complexity index is 894. The monoisotopic (exact) mass is 300 g/mol. The number of rotatable bonds is 3. The van der Waals surface area contributed by atoms with Gasteiger partial charge in [0.15, 0.2) is 0 Å². The normalized spacial score (nSPS) is 11.7. The van der Waals surface area contributed by atoms with Crippen molar-refractivity contribution in [1.29, 1.82) is 0 Å². The fourth-order valence-corrected chi connectivity index (χ4v) is 3.31. The molecular formula is C16H16N2O2S. The highest BCUT2D eigenvalue weighted by Gasteiger charge is 2.14. The summed E-state index contributed by atoms with van der Waals surface area (Å²) in [6.07, 6.45) is 1.95. The fraction of sp³-hybridized carbons (Fsp3) is 0.125. The molecule has 3 aromatic rings. The van der Waals surface area contributed by atoms with E-state index in [0.29, 0.717) is 5.69 Å². The van der Waals surface area contributed by atoms with Crippen molar-refractivity contribution >= 4 is 26.6 Å². The average molecular weight is 300 g/mol. The van der Waals surface area contributed by atoms with Gasteiger partial charge in [0.05, 0.1) is 10.6 Å². The molecule has 5 heteroatoms. The van der Waals surface area contributed by atoms with Crippen LogP contribution in [0.2, 0.25) is 0 Å². The van der Waals surface area contributed by atoms with Gasteiger partial charge >= 0.3 is 0 Å². The lowest BCUT2D eigenvalue weighted by atomic mass is 10.2. The largest absolute Gasteiger partial charge is 0.350 e. The molecule has 1 heterocycles. The molecule has 0 aliphatic heterocycles. The molecule has 0 saturated carbocycles. The van der Waals surface area contributed by atoms with Gasteiger partial charge in [0, 0.05) is 18.8 Å². The number of benzene rings is 2. The number of hydrogen-bond acceptors (Lipinski definition) is 2. The van der Waals surface area contributed by atoms with Crippen molar-refractivity contribution in [2.75, 3.05) is 4.72 Å². The Balaban J connectivity index is 1.96. The topological polar surface area (TPSA) is 51.1 Å². The summed E-state index contributed by atoms with van der Waals surface area (Å²) in [7, 11) is -1.62. The minimum Gasteiger partial charge on any atom is -0.350 e. The molecule has 0 saturated heterocycles. The Kier molecular flexibility index (Phi) is 3.22. The summed E-state index contributed by atoms with van der Waals surface area (Å²) in [6.45, 7) is 1.92. The second kappa shape index (κ2) is 4.93. The summed E-state index contributed by atoms with van der Waals surface area (Å²) in [5, 5.41) is 1.08. The van der Waals surface area contributed by atoms with Crippen molar-refractivity contribution in [3.05, 3.63) is 60.3 Å². The number of anilines is 1. The zero-order valence-corrected chi connectivity index (χ0v) is 12.7. The van der Waals surface area contributed by atoms with E-state index in [1.165, 1.54) is 0 Å². The molecule has 1 aromatic heterocycles. The summed E-state index contributed by atoms with van der Waals surface area (Å²) >= 11 is 0. The van der Waals surface area contributed by atoms with Crippen LogP contribution in [0.3, 0.4) is 0 Å². The predicted molar refractivity (Wildman–Crippen MR) is 84.9 cm³/mol. The van der Waals surface area contributed by atoms with E-state index in [-0.39, 0.29) is 4.90 Å². The third-order valence-corrected chi connectivity index (χ3v) is 4.87. The van der Waals surface area contributed by atoms with Gasteiger partial charge in [-0.05, 0) is 42.6 Å². The Morgan fingerprint density at radius 3 is 2.43 bits per heavy atom. The molecule has 0 aliphatic carbocycles. The van der Waals surface area contributed by atoms with Gasteiger partial charge in [0.1, 0.15) is 0 Å². The lowest BCUT2D eigenvalue weighted by Crippen LogP contribution is -2.12. The van der Waals surface area contributed by atoms with E-state index in [4.69, 9.17) is 0 Å². The van der Waals surface area contributed by atoms with Gasteiger partial charge in [-0.2, -0.15) is 0 Å². The standard InChI is InChI=1S/C16H16N2O2S/c1-12-3-7-15(8-4-12)21(19,20)17-14-6-5-13-9-10-18(2)16(13)11-14/h3-11,17H,1-2H3. The van der Waals surface area contributed by atoms with Crippen LogP contribution in [0.15, 0.2) is 59.6 Å². The van der Waals surface area contributed by atoms with E-state index in [2.05, 4.69) is 4.72 Å². The molecule has 0 aliphatic rings. The number of sulfonamides is 1. The van der Waals surface area contributed by atoms with Crippen molar-refractivity contribution in [2.45, 2.75) is 11.8 Å². The summed E-state index contributed by atoms with van der Waals surface area (Å²) in [5.74, 6) is 0. The van der Waals surface area contributed by atoms with E-state index >= 15 is 0 Å². The molecule has 4 nitrogen and oxygen atoms in total. The van der Waals surface area contributed by atoms with E-state index in [1.54, 1.807) is 30.3 Å². The highest BCUT2D eigenvalue weighted by atomic mass is 32.2. The summed E-state index contributed by atoms with van der Waals surface area (Å²) < 4.78 is 29.3. The van der Waals surface area contributed by atoms with Gasteiger partial charge < -0.3 is 4.57 Å². The average Bonchev–Trinajstić information content (AvgIpc) is 2.80. The molecular weight excluding hydrogens is 284 g/mol. The van der Waals surface area contributed by atoms with E-state index < -0.39 is 10.0 Å². The Morgan fingerprint density at radius 1 is 1.00 bits per heavy atom. The van der Waals surface area contributed by atoms with E-state index in [1.807, 2.05) is 42.9 Å². The Labute approximate surface area is 124 Å². The van der Waals surface area contributed by atoms with Crippen LogP contribution in [-0.2, 0) is 17.1 Å². The zero-order valence-electron chi connectivity index (χ0n) is 11.9. The van der Waals surface area contributed by atoms with Gasteiger partial charge in [0.25, 0.3) is 10.0 Å². The number of hydrogen-bond donors (Lipinski definition) is 1. The van der Waals surface area contributed by atoms with Crippen molar-refractivity contribution in [1.82, 2.24) is 4.57 Å². The first-order valence-electron chi connectivity index (χ1n) is 6.60. The first-order chi connectivity index (χ1) is 9.95. The minimum atomic E-state index is -3.55. The fourth-order valence-electron chi connectivity index (χ4n) is 2.26. The van der Waals surface area contributed by atoms with Gasteiger partial charge in [-0.15, -0.1) is 0 Å². The summed E-state index contributed by atoms with van der Waals surface area (Å²) in [6, 6.07) is 14.3. The second-order valence-electron chi connectivity index (χ2n) is 5.12. The number of aromatic nitrogens is 1. The number of fused-ring (bicyclic) bond motifs is 1. The molecule has 108 valence electrons. The molecule has 0 bridgehead atoms. The SMILES string of the molecule is Cc1ccc(S(=O)(=O)Nc2ccc3ccn(C)c3c2)cc1. The van der Waals surface area contributed by atoms with Crippen LogP contribution in [0, 0.1) is 6.92 Å². The lowest BCUT2D eigenvalue weighted by Gasteiger charge is -2.09. The maximum absolute atomic E-state index is 12.4. The first kappa shape index (κ1) is 13.7. The van der Waals surface area contributed by atoms with Gasteiger partial charge in [-0.1, -0.05) is 23.8 Å². The molecule has 0 fully saturated rings. The van der Waals surface area contributed by atoms with Gasteiger partial charge in [-0.25, -0.2) is 8.42 Å². The van der Waals surface area contributed by atoms with Crippen LogP contribution in [0.1, 0.15) is 5.56 Å². The van der Waals surface area contributed by atoms with Crippen LogP contribution in [0.4, 0.5) is 5.69 Å². The molecule has 0 radical (unpaired) electrons. The molecule has 0 amide bonds. The lowest BCUT2D eigenvalue weighted by molar-refractivity contribution is 0.601. The molecule has 1 N–H and O–H groups in total. The molecule has 21 heavy (non-hydrogen) atoms. The molecule has 2 aromatic carbocycles. The highest BCUT2D eigenvalue weighted by molar-refractivity contribution is 7.92.